The van der Waals surface area contributed by atoms with Crippen LogP contribution in [0, 0.1) is 17.0 Å². The SMILES string of the molecule is COCC(C(=O)OC)n1cc(C)c([N+](=O)[O-])n1. The summed E-state index contributed by atoms with van der Waals surface area (Å²) in [5.74, 6) is -0.848. The number of carbonyl (C=O) groups excluding carboxylic acids is 1. The van der Waals surface area contributed by atoms with Crippen molar-refractivity contribution in [1.29, 1.82) is 0 Å². The standard InChI is InChI=1S/C9H13N3O5/c1-6-4-11(10-8(6)12(14)15)7(5-16-2)9(13)17-3/h4,7H,5H2,1-3H3. The molecule has 0 aliphatic rings. The molecule has 0 amide bonds. The molecule has 8 nitrogen and oxygen atoms in total. The number of hydrogen-bond donors (Lipinski definition) is 0. The van der Waals surface area contributed by atoms with Gasteiger partial charge in [0, 0.05) is 7.11 Å². The number of aromatic nitrogens is 2. The average molecular weight is 243 g/mol. The van der Waals surface area contributed by atoms with Crippen LogP contribution in [0.25, 0.3) is 0 Å². The zero-order valence-electron chi connectivity index (χ0n) is 9.74. The van der Waals surface area contributed by atoms with E-state index >= 15 is 0 Å². The molecular weight excluding hydrogens is 230 g/mol. The minimum Gasteiger partial charge on any atom is -0.467 e. The van der Waals surface area contributed by atoms with Crippen molar-refractivity contribution in [1.82, 2.24) is 9.78 Å². The zero-order chi connectivity index (χ0) is 13.0. The fourth-order valence-electron chi connectivity index (χ4n) is 1.36. The Balaban J connectivity index is 3.06. The Morgan fingerprint density at radius 3 is 2.71 bits per heavy atom. The summed E-state index contributed by atoms with van der Waals surface area (Å²) in [7, 11) is 2.65. The van der Waals surface area contributed by atoms with Crippen LogP contribution < -0.4 is 0 Å². The molecule has 0 radical (unpaired) electrons. The number of ether oxygens (including phenoxy) is 2. The summed E-state index contributed by atoms with van der Waals surface area (Å²) in [6, 6.07) is -0.822. The molecule has 0 N–H and O–H groups in total. The smallest absolute Gasteiger partial charge is 0.392 e. The van der Waals surface area contributed by atoms with E-state index in [1.54, 1.807) is 6.92 Å². The summed E-state index contributed by atoms with van der Waals surface area (Å²) in [4.78, 5) is 21.5. The molecule has 1 aromatic rings. The third-order valence-corrected chi connectivity index (χ3v) is 2.18. The highest BCUT2D eigenvalue weighted by Gasteiger charge is 2.28. The Morgan fingerprint density at radius 2 is 2.29 bits per heavy atom. The van der Waals surface area contributed by atoms with Crippen LogP contribution >= 0.6 is 0 Å². The second kappa shape index (κ2) is 5.39. The lowest BCUT2D eigenvalue weighted by Gasteiger charge is -2.10. The van der Waals surface area contributed by atoms with Crippen molar-refractivity contribution in [3.05, 3.63) is 21.9 Å². The molecule has 0 aromatic carbocycles. The predicted octanol–water partition coefficient (Wildman–Crippen LogP) is 0.460. The number of nitro groups is 1. The molecule has 1 heterocycles. The van der Waals surface area contributed by atoms with Crippen molar-refractivity contribution in [3.63, 3.8) is 0 Å². The van der Waals surface area contributed by atoms with Gasteiger partial charge in [-0.25, -0.2) is 4.79 Å². The first-order valence-electron chi connectivity index (χ1n) is 4.78. The molecular formula is C9H13N3O5. The zero-order valence-corrected chi connectivity index (χ0v) is 9.74. The highest BCUT2D eigenvalue weighted by molar-refractivity contribution is 5.74. The normalized spacial score (nSPS) is 12.2. The van der Waals surface area contributed by atoms with E-state index in [1.165, 1.54) is 25.1 Å². The molecule has 17 heavy (non-hydrogen) atoms. The van der Waals surface area contributed by atoms with Crippen molar-refractivity contribution in [3.8, 4) is 0 Å². The van der Waals surface area contributed by atoms with Gasteiger partial charge in [0.1, 0.15) is 0 Å². The third kappa shape index (κ3) is 2.78. The second-order valence-electron chi connectivity index (χ2n) is 3.37. The molecule has 1 unspecified atom stereocenters. The van der Waals surface area contributed by atoms with Gasteiger partial charge in [-0.2, -0.15) is 4.68 Å². The number of esters is 1. The van der Waals surface area contributed by atoms with Gasteiger partial charge in [0.2, 0.25) is 0 Å². The molecule has 0 saturated carbocycles. The molecule has 1 rings (SSSR count). The Kier molecular flexibility index (Phi) is 4.16. The molecule has 0 saturated heterocycles. The van der Waals surface area contributed by atoms with E-state index < -0.39 is 16.9 Å². The molecule has 0 aliphatic heterocycles. The van der Waals surface area contributed by atoms with E-state index in [9.17, 15) is 14.9 Å². The summed E-state index contributed by atoms with van der Waals surface area (Å²) in [5, 5.41) is 14.4. The summed E-state index contributed by atoms with van der Waals surface area (Å²) in [6.45, 7) is 1.58. The van der Waals surface area contributed by atoms with Crippen LogP contribution in [-0.4, -0.2) is 41.5 Å². The van der Waals surface area contributed by atoms with Crippen LogP contribution in [0.1, 0.15) is 11.6 Å². The van der Waals surface area contributed by atoms with Crippen molar-refractivity contribution in [2.75, 3.05) is 20.8 Å². The van der Waals surface area contributed by atoms with Crippen LogP contribution in [0.3, 0.4) is 0 Å². The fraction of sp³-hybridized carbons (Fsp3) is 0.556. The summed E-state index contributed by atoms with van der Waals surface area (Å²) in [6.07, 6.45) is 1.42. The highest BCUT2D eigenvalue weighted by atomic mass is 16.6. The van der Waals surface area contributed by atoms with Gasteiger partial charge >= 0.3 is 11.8 Å². The van der Waals surface area contributed by atoms with Gasteiger partial charge in [-0.1, -0.05) is 0 Å². The van der Waals surface area contributed by atoms with E-state index in [0.29, 0.717) is 5.56 Å². The number of methoxy groups -OCH3 is 2. The van der Waals surface area contributed by atoms with Gasteiger partial charge in [0.15, 0.2) is 6.04 Å². The van der Waals surface area contributed by atoms with Crippen LogP contribution in [0.15, 0.2) is 6.20 Å². The molecule has 0 fully saturated rings. The first-order valence-corrected chi connectivity index (χ1v) is 4.78. The number of rotatable bonds is 5. The van der Waals surface area contributed by atoms with E-state index in [1.807, 2.05) is 0 Å². The molecule has 0 bridgehead atoms. The maximum atomic E-state index is 11.5. The Labute approximate surface area is 97.3 Å². The number of nitrogens with zero attached hydrogens (tertiary/aromatic N) is 3. The van der Waals surface area contributed by atoms with Crippen LogP contribution in [-0.2, 0) is 14.3 Å². The van der Waals surface area contributed by atoms with Gasteiger partial charge in [0.25, 0.3) is 0 Å². The number of hydrogen-bond acceptors (Lipinski definition) is 6. The van der Waals surface area contributed by atoms with E-state index in [2.05, 4.69) is 9.84 Å². The Hall–Kier alpha value is -1.96. The largest absolute Gasteiger partial charge is 0.467 e. The van der Waals surface area contributed by atoms with E-state index in [4.69, 9.17) is 4.74 Å². The van der Waals surface area contributed by atoms with Crippen molar-refractivity contribution in [2.24, 2.45) is 0 Å². The maximum Gasteiger partial charge on any atom is 0.392 e. The molecule has 94 valence electrons. The van der Waals surface area contributed by atoms with Crippen LogP contribution in [0.2, 0.25) is 0 Å². The lowest BCUT2D eigenvalue weighted by Crippen LogP contribution is -2.25. The fourth-order valence-corrected chi connectivity index (χ4v) is 1.36. The summed E-state index contributed by atoms with van der Waals surface area (Å²) < 4.78 is 10.6. The summed E-state index contributed by atoms with van der Waals surface area (Å²) in [5.41, 5.74) is 0.375. The molecule has 1 atom stereocenters. The van der Waals surface area contributed by atoms with Crippen LogP contribution in [0.5, 0.6) is 0 Å². The summed E-state index contributed by atoms with van der Waals surface area (Å²) >= 11 is 0. The van der Waals surface area contributed by atoms with Gasteiger partial charge in [-0.05, 0) is 11.8 Å². The Morgan fingerprint density at radius 1 is 1.65 bits per heavy atom. The second-order valence-corrected chi connectivity index (χ2v) is 3.37. The first-order chi connectivity index (χ1) is 8.01. The minimum atomic E-state index is -0.822. The van der Waals surface area contributed by atoms with Gasteiger partial charge in [-0.3, -0.25) is 0 Å². The van der Waals surface area contributed by atoms with E-state index in [0.717, 1.165) is 0 Å². The van der Waals surface area contributed by atoms with Gasteiger partial charge in [-0.15, -0.1) is 0 Å². The molecule has 1 aromatic heterocycles. The topological polar surface area (TPSA) is 96.5 Å². The van der Waals surface area contributed by atoms with Crippen molar-refractivity contribution >= 4 is 11.8 Å². The highest BCUT2D eigenvalue weighted by Crippen LogP contribution is 2.18. The lowest BCUT2D eigenvalue weighted by molar-refractivity contribution is -0.390. The van der Waals surface area contributed by atoms with Gasteiger partial charge in [0.05, 0.1) is 30.6 Å². The first kappa shape index (κ1) is 13.1. The Bertz CT molecular complexity index is 428. The van der Waals surface area contributed by atoms with Crippen LogP contribution in [0.4, 0.5) is 5.82 Å². The average Bonchev–Trinajstić information content (AvgIpc) is 2.67. The third-order valence-electron chi connectivity index (χ3n) is 2.18. The quantitative estimate of drug-likeness (QED) is 0.423. The maximum absolute atomic E-state index is 11.5. The number of aryl methyl sites for hydroxylation is 1. The van der Waals surface area contributed by atoms with Crippen molar-refractivity contribution in [2.45, 2.75) is 13.0 Å². The van der Waals surface area contributed by atoms with Gasteiger partial charge < -0.3 is 19.6 Å². The molecule has 0 aliphatic carbocycles. The molecule has 0 spiro atoms. The van der Waals surface area contributed by atoms with E-state index in [-0.39, 0.29) is 12.4 Å². The predicted molar refractivity (Wildman–Crippen MR) is 56.5 cm³/mol. The monoisotopic (exact) mass is 243 g/mol. The number of carbonyl (C=O) groups is 1. The van der Waals surface area contributed by atoms with Crippen molar-refractivity contribution < 1.29 is 19.2 Å². The lowest BCUT2D eigenvalue weighted by atomic mass is 10.3. The minimum absolute atomic E-state index is 0.0327. The molecule has 8 heteroatoms.